The number of ketones is 1. The number of unbranched alkanes of at least 4 members (excludes halogenated alkanes) is 2. The lowest BCUT2D eigenvalue weighted by atomic mass is 10.0. The van der Waals surface area contributed by atoms with Crippen molar-refractivity contribution in [2.75, 3.05) is 35.0 Å². The Labute approximate surface area is 286 Å². The van der Waals surface area contributed by atoms with E-state index in [1.165, 1.54) is 56.2 Å². The summed E-state index contributed by atoms with van der Waals surface area (Å²) in [7, 11) is 5.78. The van der Waals surface area contributed by atoms with Crippen LogP contribution in [0.15, 0.2) is 40.8 Å². The van der Waals surface area contributed by atoms with E-state index in [1.54, 1.807) is 19.1 Å². The van der Waals surface area contributed by atoms with Gasteiger partial charge in [-0.15, -0.1) is 5.92 Å². The number of furan rings is 1. The highest BCUT2D eigenvalue weighted by atomic mass is 16.7. The normalized spacial score (nSPS) is 10.6. The minimum Gasteiger partial charge on any atom is -0.495 e. The molecule has 264 valence electrons. The van der Waals surface area contributed by atoms with Crippen molar-refractivity contribution >= 4 is 34.6 Å². The van der Waals surface area contributed by atoms with Gasteiger partial charge in [0.05, 0.1) is 45.6 Å². The third-order valence-corrected chi connectivity index (χ3v) is 7.53. The molecule has 16 nitrogen and oxygen atoms in total. The molecule has 2 aromatic heterocycles. The number of rotatable bonds is 17. The molecule has 16 heteroatoms. The number of hydrogen-bond donors (Lipinski definition) is 1. The maximum absolute atomic E-state index is 14.2. The Kier molecular flexibility index (Phi) is 12.2. The molecule has 4 aromatic rings. The Bertz CT molecular complexity index is 1930. The zero-order chi connectivity index (χ0) is 36.4. The molecule has 0 radical (unpaired) electrons. The Balaban J connectivity index is 1.78. The summed E-state index contributed by atoms with van der Waals surface area (Å²) >= 11 is 0. The number of methoxy groups -OCH3 is 4. The van der Waals surface area contributed by atoms with E-state index in [1.807, 2.05) is 0 Å². The fourth-order valence-electron chi connectivity index (χ4n) is 5.19. The van der Waals surface area contributed by atoms with Gasteiger partial charge < -0.3 is 33.2 Å². The first kappa shape index (κ1) is 36.6. The second-order valence-electron chi connectivity index (χ2n) is 10.7. The molecule has 2 aromatic carbocycles. The number of amides is 1. The van der Waals surface area contributed by atoms with Gasteiger partial charge in [-0.05, 0) is 50.1 Å². The molecule has 0 fully saturated rings. The van der Waals surface area contributed by atoms with Gasteiger partial charge >= 0.3 is 17.9 Å². The summed E-state index contributed by atoms with van der Waals surface area (Å²) < 4.78 is 33.9. The van der Waals surface area contributed by atoms with Gasteiger partial charge in [0.1, 0.15) is 28.8 Å². The van der Waals surface area contributed by atoms with Crippen LogP contribution in [-0.2, 0) is 22.8 Å². The van der Waals surface area contributed by atoms with Crippen LogP contribution in [0.5, 0.6) is 23.0 Å². The van der Waals surface area contributed by atoms with Gasteiger partial charge in [-0.25, -0.2) is 9.48 Å². The largest absolute Gasteiger partial charge is 0.495 e. The van der Waals surface area contributed by atoms with Crippen LogP contribution in [-0.4, -0.2) is 77.5 Å². The van der Waals surface area contributed by atoms with Gasteiger partial charge in [-0.1, -0.05) is 12.3 Å². The van der Waals surface area contributed by atoms with Crippen molar-refractivity contribution in [3.63, 3.8) is 0 Å². The molecular formula is C34H36N4O12. The standard InChI is InChI=1S/C34H36N4O12/c1-6-10-23-25(45-2)14-13-24-30(32(41)21-17-26(46-3)33(48-5)27(18-21)47-4)35-37(31(23)24)20-36(16-9-7-8-11-29(39)40)34(42)49-19-22-12-15-28(50-22)38(43)44/h12-15,17-18H,7-9,11,16,19-20H2,1-5H3,(H,39,40). The Morgan fingerprint density at radius 3 is 2.26 bits per heavy atom. The average Bonchev–Trinajstić information content (AvgIpc) is 3.74. The Hall–Kier alpha value is -6.24. The molecule has 0 aliphatic rings. The summed E-state index contributed by atoms with van der Waals surface area (Å²) in [6.07, 6.45) is 0.451. The maximum atomic E-state index is 14.2. The van der Waals surface area contributed by atoms with Gasteiger partial charge in [-0.3, -0.25) is 24.6 Å². The molecule has 0 saturated carbocycles. The molecule has 1 N–H and O–H groups in total. The maximum Gasteiger partial charge on any atom is 0.433 e. The lowest BCUT2D eigenvalue weighted by molar-refractivity contribution is -0.402. The molecule has 1 amide bonds. The predicted octanol–water partition coefficient (Wildman–Crippen LogP) is 5.42. The zero-order valence-electron chi connectivity index (χ0n) is 28.1. The highest BCUT2D eigenvalue weighted by Crippen LogP contribution is 2.39. The quantitative estimate of drug-likeness (QED) is 0.0485. The monoisotopic (exact) mass is 692 g/mol. The van der Waals surface area contributed by atoms with Crippen molar-refractivity contribution in [3.8, 4) is 34.8 Å². The Morgan fingerprint density at radius 1 is 0.980 bits per heavy atom. The minimum atomic E-state index is -0.931. The predicted molar refractivity (Wildman–Crippen MR) is 177 cm³/mol. The first-order valence-corrected chi connectivity index (χ1v) is 15.3. The van der Waals surface area contributed by atoms with Crippen LogP contribution in [0.25, 0.3) is 10.9 Å². The first-order chi connectivity index (χ1) is 24.1. The summed E-state index contributed by atoms with van der Waals surface area (Å²) in [5, 5.41) is 25.2. The number of aliphatic carboxylic acids is 1. The number of aromatic nitrogens is 2. The van der Waals surface area contributed by atoms with Crippen LogP contribution in [0, 0.1) is 22.0 Å². The third kappa shape index (κ3) is 8.24. The van der Waals surface area contributed by atoms with E-state index in [2.05, 4.69) is 16.9 Å². The van der Waals surface area contributed by atoms with E-state index < -0.39 is 35.3 Å². The number of carbonyl (C=O) groups is 3. The van der Waals surface area contributed by atoms with E-state index in [9.17, 15) is 24.5 Å². The number of carboxylic acids is 1. The zero-order valence-corrected chi connectivity index (χ0v) is 28.1. The smallest absolute Gasteiger partial charge is 0.433 e. The number of fused-ring (bicyclic) bond motifs is 1. The van der Waals surface area contributed by atoms with Crippen molar-refractivity contribution in [1.29, 1.82) is 0 Å². The second-order valence-corrected chi connectivity index (χ2v) is 10.7. The minimum absolute atomic E-state index is 0.0310. The van der Waals surface area contributed by atoms with Crippen LogP contribution in [0.2, 0.25) is 0 Å². The summed E-state index contributed by atoms with van der Waals surface area (Å²) in [4.78, 5) is 50.3. The molecule has 0 atom stereocenters. The molecule has 0 saturated heterocycles. The molecule has 0 spiro atoms. The highest BCUT2D eigenvalue weighted by Gasteiger charge is 2.27. The van der Waals surface area contributed by atoms with Crippen molar-refractivity contribution in [1.82, 2.24) is 14.7 Å². The van der Waals surface area contributed by atoms with Gasteiger partial charge in [0, 0.05) is 23.9 Å². The fraction of sp³-hybridized carbons (Fsp3) is 0.353. The number of nitrogens with zero attached hydrogens (tertiary/aromatic N) is 4. The van der Waals surface area contributed by atoms with Crippen LogP contribution in [0.4, 0.5) is 10.7 Å². The number of carbonyl (C=O) groups excluding carboxylic acids is 2. The summed E-state index contributed by atoms with van der Waals surface area (Å²) in [5.74, 6) is 5.24. The second kappa shape index (κ2) is 16.7. The molecule has 50 heavy (non-hydrogen) atoms. The highest BCUT2D eigenvalue weighted by molar-refractivity contribution is 6.16. The van der Waals surface area contributed by atoms with Crippen molar-refractivity contribution in [3.05, 3.63) is 69.1 Å². The summed E-state index contributed by atoms with van der Waals surface area (Å²) in [5.41, 5.74) is 1.04. The van der Waals surface area contributed by atoms with E-state index in [-0.39, 0.29) is 48.2 Å². The van der Waals surface area contributed by atoms with Gasteiger partial charge in [0.2, 0.25) is 11.5 Å². The first-order valence-electron chi connectivity index (χ1n) is 15.3. The SMILES string of the molecule is CC#Cc1c(OC)ccc2c(C(=O)c3cc(OC)c(OC)c(OC)c3)nn(CN(CCCCCC(=O)O)C(=O)OCc3ccc([N+](=O)[O-])o3)c12. The van der Waals surface area contributed by atoms with E-state index in [0.717, 1.165) is 6.07 Å². The number of hydrogen-bond acceptors (Lipinski definition) is 12. The summed E-state index contributed by atoms with van der Waals surface area (Å²) in [6, 6.07) is 8.81. The van der Waals surface area contributed by atoms with E-state index in [0.29, 0.717) is 47.2 Å². The summed E-state index contributed by atoms with van der Waals surface area (Å²) in [6.45, 7) is 1.14. The molecule has 0 bridgehead atoms. The molecule has 0 aliphatic heterocycles. The average molecular weight is 693 g/mol. The number of ether oxygens (including phenoxy) is 5. The van der Waals surface area contributed by atoms with Gasteiger partial charge in [0.25, 0.3) is 0 Å². The number of carboxylic acid groups (broad SMARTS) is 1. The van der Waals surface area contributed by atoms with Crippen LogP contribution < -0.4 is 18.9 Å². The number of benzene rings is 2. The van der Waals surface area contributed by atoms with Crippen molar-refractivity contribution < 1.29 is 52.5 Å². The molecule has 4 rings (SSSR count). The lowest BCUT2D eigenvalue weighted by Crippen LogP contribution is -2.35. The fourth-order valence-corrected chi connectivity index (χ4v) is 5.19. The molecule has 2 heterocycles. The third-order valence-electron chi connectivity index (χ3n) is 7.53. The lowest BCUT2D eigenvalue weighted by Gasteiger charge is -2.22. The van der Waals surface area contributed by atoms with Gasteiger partial charge in [-0.2, -0.15) is 5.10 Å². The molecule has 0 aliphatic carbocycles. The van der Waals surface area contributed by atoms with E-state index in [4.69, 9.17) is 33.2 Å². The number of nitro groups is 1. The Morgan fingerprint density at radius 2 is 1.68 bits per heavy atom. The van der Waals surface area contributed by atoms with Crippen LogP contribution >= 0.6 is 0 Å². The topological polar surface area (TPSA) is 195 Å². The van der Waals surface area contributed by atoms with Crippen molar-refractivity contribution in [2.24, 2.45) is 0 Å². The molecular weight excluding hydrogens is 656 g/mol. The van der Waals surface area contributed by atoms with E-state index >= 15 is 0 Å². The van der Waals surface area contributed by atoms with Crippen molar-refractivity contribution in [2.45, 2.75) is 45.9 Å². The van der Waals surface area contributed by atoms with Gasteiger partial charge in [0.15, 0.2) is 18.1 Å². The van der Waals surface area contributed by atoms with Crippen LogP contribution in [0.3, 0.4) is 0 Å². The van der Waals surface area contributed by atoms with Crippen LogP contribution in [0.1, 0.15) is 60.0 Å². The molecule has 0 unspecified atom stereocenters.